The fraction of sp³-hybridized carbons (Fsp3) is 0.800. The zero-order chi connectivity index (χ0) is 22.4. The molecule has 0 spiro atoms. The largest absolute Gasteiger partial charge is 0.464 e. The molecule has 1 fully saturated rings. The number of halogens is 5. The number of hydrogen-bond donors (Lipinski definition) is 1. The van der Waals surface area contributed by atoms with Crippen LogP contribution in [0.5, 0.6) is 5.19 Å². The summed E-state index contributed by atoms with van der Waals surface area (Å²) in [6.07, 6.45) is -3.06. The van der Waals surface area contributed by atoms with Gasteiger partial charge < -0.3 is 10.1 Å². The highest BCUT2D eigenvalue weighted by Crippen LogP contribution is 2.32. The summed E-state index contributed by atoms with van der Waals surface area (Å²) in [5.74, 6) is 0.00940. The summed E-state index contributed by atoms with van der Waals surface area (Å²) in [7, 11) is 0. The number of carbonyl (C=O) groups is 1. The molecular weight excluding hydrogens is 441 g/mol. The predicted octanol–water partition coefficient (Wildman–Crippen LogP) is 4.55. The lowest BCUT2D eigenvalue weighted by molar-refractivity contribution is -0.144. The van der Waals surface area contributed by atoms with E-state index in [1.807, 2.05) is 0 Å². The average Bonchev–Trinajstić information content (AvgIpc) is 3.12. The number of hydrogen-bond acceptors (Lipinski definition) is 5. The van der Waals surface area contributed by atoms with Gasteiger partial charge in [-0.1, -0.05) is 11.3 Å². The quantitative estimate of drug-likeness (QED) is 0.539. The first-order valence-corrected chi connectivity index (χ1v) is 11.5. The predicted molar refractivity (Wildman–Crippen MR) is 106 cm³/mol. The number of fused-ring (bicyclic) bond motifs is 1. The van der Waals surface area contributed by atoms with Crippen molar-refractivity contribution in [2.45, 2.75) is 76.6 Å². The van der Waals surface area contributed by atoms with E-state index in [9.17, 15) is 26.7 Å². The van der Waals surface area contributed by atoms with Gasteiger partial charge in [-0.3, -0.25) is 9.69 Å². The number of carbonyl (C=O) groups excluding carboxylic acids is 1. The van der Waals surface area contributed by atoms with Crippen molar-refractivity contribution in [3.63, 3.8) is 0 Å². The summed E-state index contributed by atoms with van der Waals surface area (Å²) < 4.78 is 66.2. The minimum atomic E-state index is -4.30. The summed E-state index contributed by atoms with van der Waals surface area (Å²) in [6.45, 7) is 1.86. The minimum Gasteiger partial charge on any atom is -0.464 e. The van der Waals surface area contributed by atoms with Gasteiger partial charge in [-0.15, -0.1) is 0 Å². The number of alkyl halides is 5. The van der Waals surface area contributed by atoms with E-state index in [4.69, 9.17) is 4.74 Å². The Hall–Kier alpha value is -1.49. The van der Waals surface area contributed by atoms with Crippen LogP contribution < -0.4 is 10.1 Å². The van der Waals surface area contributed by atoms with E-state index in [1.165, 1.54) is 11.3 Å². The summed E-state index contributed by atoms with van der Waals surface area (Å²) in [5.41, 5.74) is 0.908. The SMILES string of the molecule is O=C(CCC(F)(F)F)N[C@H]1CC[C@H](CCN2CCc3sc(OCC(F)F)nc3C2)CC1. The van der Waals surface area contributed by atoms with Gasteiger partial charge in [0.2, 0.25) is 5.91 Å². The number of aromatic nitrogens is 1. The van der Waals surface area contributed by atoms with Crippen LogP contribution >= 0.6 is 11.3 Å². The standard InChI is InChI=1S/C20H28F5N3O2S/c21-17(22)12-30-19-27-15-11-28(10-7-16(15)31-19)9-6-13-1-3-14(4-2-13)26-18(29)5-8-20(23,24)25/h13-14,17H,1-12H2,(H,26,29)/t13-,14-. The van der Waals surface area contributed by atoms with Crippen LogP contribution in [0.2, 0.25) is 0 Å². The molecule has 1 aromatic rings. The molecule has 1 saturated carbocycles. The van der Waals surface area contributed by atoms with E-state index in [2.05, 4.69) is 15.2 Å². The van der Waals surface area contributed by atoms with Crippen LogP contribution in [0.15, 0.2) is 0 Å². The monoisotopic (exact) mass is 469 g/mol. The van der Waals surface area contributed by atoms with Gasteiger partial charge in [0.1, 0.15) is 0 Å². The van der Waals surface area contributed by atoms with Gasteiger partial charge in [-0.2, -0.15) is 13.2 Å². The van der Waals surface area contributed by atoms with Crippen LogP contribution in [-0.2, 0) is 17.8 Å². The van der Waals surface area contributed by atoms with Crippen molar-refractivity contribution in [3.8, 4) is 5.19 Å². The molecule has 0 saturated heterocycles. The van der Waals surface area contributed by atoms with Crippen molar-refractivity contribution in [2.24, 2.45) is 5.92 Å². The van der Waals surface area contributed by atoms with Gasteiger partial charge in [-0.25, -0.2) is 13.8 Å². The van der Waals surface area contributed by atoms with Crippen molar-refractivity contribution in [1.29, 1.82) is 0 Å². The number of ether oxygens (including phenoxy) is 1. The lowest BCUT2D eigenvalue weighted by Gasteiger charge is -2.32. The number of nitrogens with one attached hydrogen (secondary N) is 1. The van der Waals surface area contributed by atoms with Crippen molar-refractivity contribution in [3.05, 3.63) is 10.6 Å². The number of nitrogens with zero attached hydrogens (tertiary/aromatic N) is 2. The molecule has 1 N–H and O–H groups in total. The van der Waals surface area contributed by atoms with Crippen LogP contribution in [0.1, 0.15) is 55.5 Å². The molecular formula is C20H28F5N3O2S. The van der Waals surface area contributed by atoms with Crippen molar-refractivity contribution in [2.75, 3.05) is 19.7 Å². The Balaban J connectivity index is 1.33. The molecule has 1 aromatic heterocycles. The van der Waals surface area contributed by atoms with Crippen molar-refractivity contribution in [1.82, 2.24) is 15.2 Å². The molecule has 1 amide bonds. The summed E-state index contributed by atoms with van der Waals surface area (Å²) in [6, 6.07) is -0.0313. The third-order valence-corrected chi connectivity index (χ3v) is 6.89. The average molecular weight is 470 g/mol. The topological polar surface area (TPSA) is 54.5 Å². The molecule has 0 bridgehead atoms. The Labute approximate surface area is 182 Å². The first kappa shape index (κ1) is 24.2. The Morgan fingerprint density at radius 3 is 2.68 bits per heavy atom. The molecule has 11 heteroatoms. The normalized spacial score (nSPS) is 22.4. The lowest BCUT2D eigenvalue weighted by atomic mass is 9.84. The Kier molecular flexibility index (Phi) is 8.49. The maximum Gasteiger partial charge on any atom is 0.389 e. The second-order valence-electron chi connectivity index (χ2n) is 8.27. The molecule has 1 aliphatic heterocycles. The third-order valence-electron chi connectivity index (χ3n) is 5.82. The zero-order valence-electron chi connectivity index (χ0n) is 17.2. The summed E-state index contributed by atoms with van der Waals surface area (Å²) in [4.78, 5) is 19.4. The van der Waals surface area contributed by atoms with Crippen LogP contribution in [0.25, 0.3) is 0 Å². The summed E-state index contributed by atoms with van der Waals surface area (Å²) >= 11 is 1.34. The highest BCUT2D eigenvalue weighted by atomic mass is 32.1. The molecule has 176 valence electrons. The molecule has 0 radical (unpaired) electrons. The van der Waals surface area contributed by atoms with Gasteiger partial charge >= 0.3 is 6.18 Å². The molecule has 31 heavy (non-hydrogen) atoms. The highest BCUT2D eigenvalue weighted by Gasteiger charge is 2.29. The third kappa shape index (κ3) is 8.17. The fourth-order valence-corrected chi connectivity index (χ4v) is 5.05. The minimum absolute atomic E-state index is 0.0313. The van der Waals surface area contributed by atoms with Crippen LogP contribution in [0, 0.1) is 5.92 Å². The lowest BCUT2D eigenvalue weighted by Crippen LogP contribution is -2.38. The molecule has 0 aromatic carbocycles. The maximum atomic E-state index is 12.3. The van der Waals surface area contributed by atoms with Crippen LogP contribution in [0.3, 0.4) is 0 Å². The van der Waals surface area contributed by atoms with Gasteiger partial charge in [-0.05, 0) is 51.0 Å². The Morgan fingerprint density at radius 2 is 2.00 bits per heavy atom. The van der Waals surface area contributed by atoms with Crippen LogP contribution in [0.4, 0.5) is 22.0 Å². The number of amides is 1. The van der Waals surface area contributed by atoms with Gasteiger partial charge in [0.05, 0.1) is 12.1 Å². The number of rotatable bonds is 9. The van der Waals surface area contributed by atoms with Gasteiger partial charge in [0.25, 0.3) is 11.6 Å². The molecule has 0 unspecified atom stereocenters. The Bertz CT molecular complexity index is 720. The first-order chi connectivity index (χ1) is 14.7. The van der Waals surface area contributed by atoms with Crippen molar-refractivity contribution < 1.29 is 31.5 Å². The molecule has 1 aliphatic carbocycles. The highest BCUT2D eigenvalue weighted by molar-refractivity contribution is 7.13. The second kappa shape index (κ2) is 10.9. The van der Waals surface area contributed by atoms with E-state index < -0.39 is 38.0 Å². The van der Waals surface area contributed by atoms with Crippen LogP contribution in [-0.4, -0.2) is 54.1 Å². The van der Waals surface area contributed by atoms with E-state index >= 15 is 0 Å². The fourth-order valence-electron chi connectivity index (χ4n) is 4.13. The van der Waals surface area contributed by atoms with Gasteiger partial charge in [0.15, 0.2) is 6.61 Å². The first-order valence-electron chi connectivity index (χ1n) is 10.7. The second-order valence-corrected chi connectivity index (χ2v) is 9.31. The summed E-state index contributed by atoms with van der Waals surface area (Å²) in [5, 5.41) is 3.04. The van der Waals surface area contributed by atoms with E-state index in [0.717, 1.165) is 62.2 Å². The van der Waals surface area contributed by atoms with Crippen molar-refractivity contribution >= 4 is 17.2 Å². The zero-order valence-corrected chi connectivity index (χ0v) is 18.0. The smallest absolute Gasteiger partial charge is 0.389 e. The molecule has 2 aliphatic rings. The Morgan fingerprint density at radius 1 is 1.26 bits per heavy atom. The van der Waals surface area contributed by atoms with E-state index in [1.54, 1.807) is 0 Å². The van der Waals surface area contributed by atoms with E-state index in [0.29, 0.717) is 17.7 Å². The molecule has 5 nitrogen and oxygen atoms in total. The number of thiazole rings is 1. The van der Waals surface area contributed by atoms with Gasteiger partial charge in [0, 0.05) is 30.4 Å². The molecule has 2 heterocycles. The molecule has 0 atom stereocenters. The molecule has 3 rings (SSSR count). The van der Waals surface area contributed by atoms with E-state index in [-0.39, 0.29) is 6.04 Å². The maximum absolute atomic E-state index is 12.3.